The van der Waals surface area contributed by atoms with Crippen LogP contribution in [0, 0.1) is 5.92 Å². The lowest BCUT2D eigenvalue weighted by Gasteiger charge is -2.21. The number of aliphatic carboxylic acids is 1. The number of hydrogen-bond donors (Lipinski definition) is 1. The van der Waals surface area contributed by atoms with E-state index in [-0.39, 0.29) is 12.3 Å². The molecule has 0 bridgehead atoms. The van der Waals surface area contributed by atoms with Gasteiger partial charge in [-0.15, -0.1) is 6.58 Å². The highest BCUT2D eigenvalue weighted by Gasteiger charge is 2.26. The van der Waals surface area contributed by atoms with Gasteiger partial charge in [-0.1, -0.05) is 6.08 Å². The van der Waals surface area contributed by atoms with Crippen molar-refractivity contribution in [1.82, 2.24) is 4.90 Å². The van der Waals surface area contributed by atoms with Crippen LogP contribution in [0.3, 0.4) is 0 Å². The summed E-state index contributed by atoms with van der Waals surface area (Å²) in [6.45, 7) is 4.64. The van der Waals surface area contributed by atoms with Crippen molar-refractivity contribution < 1.29 is 14.7 Å². The number of carboxylic acids is 1. The first-order chi connectivity index (χ1) is 7.63. The van der Waals surface area contributed by atoms with Gasteiger partial charge in [0, 0.05) is 19.5 Å². The molecule has 0 aromatic heterocycles. The van der Waals surface area contributed by atoms with E-state index in [0.29, 0.717) is 25.3 Å². The molecule has 16 heavy (non-hydrogen) atoms. The fourth-order valence-corrected chi connectivity index (χ4v) is 1.54. The zero-order valence-corrected chi connectivity index (χ0v) is 9.52. The van der Waals surface area contributed by atoms with Crippen LogP contribution >= 0.6 is 0 Å². The zero-order valence-electron chi connectivity index (χ0n) is 9.52. The van der Waals surface area contributed by atoms with E-state index in [4.69, 9.17) is 5.11 Å². The molecule has 1 aliphatic rings. The number of nitrogens with zero attached hydrogens (tertiary/aromatic N) is 1. The fraction of sp³-hybridized carbons (Fsp3) is 0.667. The van der Waals surface area contributed by atoms with Crippen molar-refractivity contribution in [1.29, 1.82) is 0 Å². The molecule has 0 heterocycles. The summed E-state index contributed by atoms with van der Waals surface area (Å²) in [5.41, 5.74) is 0. The van der Waals surface area contributed by atoms with Crippen LogP contribution in [-0.2, 0) is 9.59 Å². The van der Waals surface area contributed by atoms with Crippen LogP contribution in [0.4, 0.5) is 0 Å². The number of carboxylic acid groups (broad SMARTS) is 1. The SMILES string of the molecule is C=CCCC(=O)N(CCC(=O)O)CC1CC1. The van der Waals surface area contributed by atoms with Gasteiger partial charge in [-0.25, -0.2) is 0 Å². The van der Waals surface area contributed by atoms with Crippen LogP contribution in [0.2, 0.25) is 0 Å². The number of amides is 1. The number of allylic oxidation sites excluding steroid dienone is 1. The van der Waals surface area contributed by atoms with Crippen molar-refractivity contribution in [3.8, 4) is 0 Å². The third-order valence-corrected chi connectivity index (χ3v) is 2.69. The molecule has 1 amide bonds. The van der Waals surface area contributed by atoms with Crippen molar-refractivity contribution in [3.05, 3.63) is 12.7 Å². The lowest BCUT2D eigenvalue weighted by atomic mass is 10.2. The molecule has 0 atom stereocenters. The Hall–Kier alpha value is -1.32. The first kappa shape index (κ1) is 12.7. The Morgan fingerprint density at radius 2 is 2.06 bits per heavy atom. The van der Waals surface area contributed by atoms with Crippen LogP contribution in [-0.4, -0.2) is 35.0 Å². The van der Waals surface area contributed by atoms with Gasteiger partial charge in [0.15, 0.2) is 0 Å². The predicted octanol–water partition coefficient (Wildman–Crippen LogP) is 1.67. The normalized spacial score (nSPS) is 14.5. The highest BCUT2D eigenvalue weighted by molar-refractivity contribution is 5.77. The molecule has 1 fully saturated rings. The Kier molecular flexibility index (Phi) is 5.02. The van der Waals surface area contributed by atoms with Gasteiger partial charge in [0.25, 0.3) is 0 Å². The van der Waals surface area contributed by atoms with E-state index in [1.54, 1.807) is 11.0 Å². The lowest BCUT2D eigenvalue weighted by Crippen LogP contribution is -2.34. The third kappa shape index (κ3) is 4.96. The second-order valence-electron chi connectivity index (χ2n) is 4.25. The van der Waals surface area contributed by atoms with Gasteiger partial charge in [0.2, 0.25) is 5.91 Å². The average Bonchev–Trinajstić information content (AvgIpc) is 3.04. The van der Waals surface area contributed by atoms with Crippen molar-refractivity contribution in [3.63, 3.8) is 0 Å². The van der Waals surface area contributed by atoms with Gasteiger partial charge in [-0.2, -0.15) is 0 Å². The molecule has 0 aromatic rings. The van der Waals surface area contributed by atoms with E-state index in [2.05, 4.69) is 6.58 Å². The van der Waals surface area contributed by atoms with Crippen LogP contribution in [0.25, 0.3) is 0 Å². The van der Waals surface area contributed by atoms with E-state index in [0.717, 1.165) is 19.4 Å². The van der Waals surface area contributed by atoms with E-state index < -0.39 is 5.97 Å². The minimum Gasteiger partial charge on any atom is -0.481 e. The second-order valence-corrected chi connectivity index (χ2v) is 4.25. The minimum absolute atomic E-state index is 0.0343. The van der Waals surface area contributed by atoms with Crippen molar-refractivity contribution in [2.75, 3.05) is 13.1 Å². The molecule has 1 N–H and O–H groups in total. The summed E-state index contributed by atoms with van der Waals surface area (Å²) >= 11 is 0. The molecule has 0 aliphatic heterocycles. The molecule has 0 spiro atoms. The van der Waals surface area contributed by atoms with E-state index >= 15 is 0 Å². The number of carbonyl (C=O) groups is 2. The van der Waals surface area contributed by atoms with Crippen molar-refractivity contribution in [2.45, 2.75) is 32.1 Å². The smallest absolute Gasteiger partial charge is 0.305 e. The largest absolute Gasteiger partial charge is 0.481 e. The molecule has 0 saturated heterocycles. The molecule has 1 rings (SSSR count). The highest BCUT2D eigenvalue weighted by Crippen LogP contribution is 2.30. The molecule has 90 valence electrons. The molecule has 0 aromatic carbocycles. The minimum atomic E-state index is -0.850. The molecule has 0 radical (unpaired) electrons. The maximum absolute atomic E-state index is 11.8. The van der Waals surface area contributed by atoms with E-state index in [1.807, 2.05) is 0 Å². The molecule has 0 unspecified atom stereocenters. The average molecular weight is 225 g/mol. The highest BCUT2D eigenvalue weighted by atomic mass is 16.4. The maximum atomic E-state index is 11.8. The Morgan fingerprint density at radius 1 is 1.38 bits per heavy atom. The lowest BCUT2D eigenvalue weighted by molar-refractivity contribution is -0.138. The zero-order chi connectivity index (χ0) is 12.0. The third-order valence-electron chi connectivity index (χ3n) is 2.69. The van der Waals surface area contributed by atoms with Gasteiger partial charge in [-0.05, 0) is 25.2 Å². The van der Waals surface area contributed by atoms with E-state index in [9.17, 15) is 9.59 Å². The summed E-state index contributed by atoms with van der Waals surface area (Å²) in [4.78, 5) is 23.9. The van der Waals surface area contributed by atoms with Gasteiger partial charge in [0.1, 0.15) is 0 Å². The van der Waals surface area contributed by atoms with Gasteiger partial charge in [0.05, 0.1) is 6.42 Å². The van der Waals surface area contributed by atoms with Gasteiger partial charge >= 0.3 is 5.97 Å². The maximum Gasteiger partial charge on any atom is 0.305 e. The molecule has 4 heteroatoms. The Labute approximate surface area is 95.9 Å². The van der Waals surface area contributed by atoms with Crippen LogP contribution in [0.1, 0.15) is 32.1 Å². The number of carbonyl (C=O) groups excluding carboxylic acids is 1. The summed E-state index contributed by atoms with van der Waals surface area (Å²) in [5.74, 6) is -0.202. The summed E-state index contributed by atoms with van der Waals surface area (Å²) in [6.07, 6.45) is 5.18. The van der Waals surface area contributed by atoms with Crippen molar-refractivity contribution >= 4 is 11.9 Å². The fourth-order valence-electron chi connectivity index (χ4n) is 1.54. The first-order valence-electron chi connectivity index (χ1n) is 5.74. The van der Waals surface area contributed by atoms with Gasteiger partial charge < -0.3 is 10.0 Å². The second kappa shape index (κ2) is 6.30. The molecule has 4 nitrogen and oxygen atoms in total. The Bertz CT molecular complexity index is 271. The molecule has 1 saturated carbocycles. The number of hydrogen-bond acceptors (Lipinski definition) is 2. The Balaban J connectivity index is 2.37. The van der Waals surface area contributed by atoms with Crippen LogP contribution in [0.5, 0.6) is 0 Å². The summed E-state index contributed by atoms with van der Waals surface area (Å²) in [5, 5.41) is 8.62. The standard InChI is InChI=1S/C12H19NO3/c1-2-3-4-11(14)13(8-7-12(15)16)9-10-5-6-10/h2,10H,1,3-9H2,(H,15,16). The van der Waals surface area contributed by atoms with Gasteiger partial charge in [-0.3, -0.25) is 9.59 Å². The van der Waals surface area contributed by atoms with Crippen LogP contribution < -0.4 is 0 Å². The van der Waals surface area contributed by atoms with E-state index in [1.165, 1.54) is 0 Å². The molecule has 1 aliphatic carbocycles. The predicted molar refractivity (Wildman–Crippen MR) is 61.0 cm³/mol. The summed E-state index contributed by atoms with van der Waals surface area (Å²) < 4.78 is 0. The summed E-state index contributed by atoms with van der Waals surface area (Å²) in [7, 11) is 0. The number of rotatable bonds is 8. The quantitative estimate of drug-likeness (QED) is 0.639. The topological polar surface area (TPSA) is 57.6 Å². The molecular weight excluding hydrogens is 206 g/mol. The molecular formula is C12H19NO3. The first-order valence-corrected chi connectivity index (χ1v) is 5.74. The van der Waals surface area contributed by atoms with Crippen LogP contribution in [0.15, 0.2) is 12.7 Å². The monoisotopic (exact) mass is 225 g/mol. The summed E-state index contributed by atoms with van der Waals surface area (Å²) in [6, 6.07) is 0. The Morgan fingerprint density at radius 3 is 2.56 bits per heavy atom. The van der Waals surface area contributed by atoms with Crippen molar-refractivity contribution in [2.24, 2.45) is 5.92 Å².